The summed E-state index contributed by atoms with van der Waals surface area (Å²) in [5.41, 5.74) is 2.75. The van der Waals surface area contributed by atoms with E-state index in [1.54, 1.807) is 11.7 Å². The predicted octanol–water partition coefficient (Wildman–Crippen LogP) is 2.11. The van der Waals surface area contributed by atoms with E-state index in [-0.39, 0.29) is 5.97 Å². The Hall–Kier alpha value is -2.27. The number of nitrogens with one attached hydrogen (secondary N) is 1. The first-order valence-corrected chi connectivity index (χ1v) is 6.71. The number of ether oxygens (including phenoxy) is 2. The topological polar surface area (TPSA) is 52.5 Å². The number of methoxy groups -OCH3 is 2. The average Bonchev–Trinajstić information content (AvgIpc) is 2.87. The molecule has 5 heteroatoms. The third-order valence-corrected chi connectivity index (χ3v) is 3.25. The summed E-state index contributed by atoms with van der Waals surface area (Å²) in [7, 11) is 4.87. The van der Waals surface area contributed by atoms with E-state index < -0.39 is 0 Å². The smallest absolute Gasteiger partial charge is 0.354 e. The van der Waals surface area contributed by atoms with E-state index in [9.17, 15) is 4.79 Å². The Bertz CT molecular complexity index is 620. The van der Waals surface area contributed by atoms with Crippen LogP contribution in [-0.4, -0.2) is 24.8 Å². The molecule has 0 fully saturated rings. The molecule has 1 heterocycles. The van der Waals surface area contributed by atoms with E-state index in [0.717, 1.165) is 23.4 Å². The van der Waals surface area contributed by atoms with Crippen molar-refractivity contribution in [2.24, 2.45) is 7.05 Å². The fourth-order valence-corrected chi connectivity index (χ4v) is 2.17. The summed E-state index contributed by atoms with van der Waals surface area (Å²) in [5.74, 6) is 0.526. The lowest BCUT2D eigenvalue weighted by Crippen LogP contribution is -2.12. The van der Waals surface area contributed by atoms with Crippen LogP contribution in [0.5, 0.6) is 5.75 Å². The van der Waals surface area contributed by atoms with Gasteiger partial charge in [-0.3, -0.25) is 0 Å². The first kappa shape index (κ1) is 15.1. The van der Waals surface area contributed by atoms with Gasteiger partial charge in [0.1, 0.15) is 11.4 Å². The van der Waals surface area contributed by atoms with E-state index in [2.05, 4.69) is 5.32 Å². The number of benzene rings is 1. The predicted molar refractivity (Wildman–Crippen MR) is 80.3 cm³/mol. The SMILES string of the molecule is COC(=O)c1cc(CNCc2cccc(OC)c2)cn1C. The lowest BCUT2D eigenvalue weighted by atomic mass is 10.2. The van der Waals surface area contributed by atoms with Gasteiger partial charge in [-0.15, -0.1) is 0 Å². The van der Waals surface area contributed by atoms with Crippen LogP contribution in [-0.2, 0) is 24.9 Å². The fraction of sp³-hybridized carbons (Fsp3) is 0.312. The molecule has 1 aromatic heterocycles. The van der Waals surface area contributed by atoms with Crippen LogP contribution in [0.3, 0.4) is 0 Å². The molecule has 112 valence electrons. The van der Waals surface area contributed by atoms with Crippen molar-refractivity contribution in [2.45, 2.75) is 13.1 Å². The van der Waals surface area contributed by atoms with Crippen LogP contribution >= 0.6 is 0 Å². The standard InChI is InChI=1S/C16H20N2O3/c1-18-11-13(8-15(18)16(19)21-3)10-17-9-12-5-4-6-14(7-12)20-2/h4-8,11,17H,9-10H2,1-3H3. The molecule has 2 aromatic rings. The van der Waals surface area contributed by atoms with Crippen LogP contribution in [0.15, 0.2) is 36.5 Å². The Kier molecular flexibility index (Phi) is 5.00. The minimum Gasteiger partial charge on any atom is -0.497 e. The van der Waals surface area contributed by atoms with Crippen LogP contribution in [0.4, 0.5) is 0 Å². The van der Waals surface area contributed by atoms with E-state index in [1.165, 1.54) is 7.11 Å². The molecule has 0 atom stereocenters. The number of esters is 1. The molecular formula is C16H20N2O3. The van der Waals surface area contributed by atoms with Gasteiger partial charge in [0.25, 0.3) is 0 Å². The van der Waals surface area contributed by atoms with Gasteiger partial charge >= 0.3 is 5.97 Å². The molecule has 0 aliphatic carbocycles. The van der Waals surface area contributed by atoms with Gasteiger partial charge in [0.15, 0.2) is 0 Å². The van der Waals surface area contributed by atoms with E-state index >= 15 is 0 Å². The highest BCUT2D eigenvalue weighted by Gasteiger charge is 2.11. The molecular weight excluding hydrogens is 268 g/mol. The lowest BCUT2D eigenvalue weighted by Gasteiger charge is -2.05. The first-order valence-electron chi connectivity index (χ1n) is 6.71. The van der Waals surface area contributed by atoms with Crippen LogP contribution in [0, 0.1) is 0 Å². The summed E-state index contributed by atoms with van der Waals surface area (Å²) in [6, 6.07) is 9.76. The number of rotatable bonds is 6. The van der Waals surface area contributed by atoms with Crippen molar-refractivity contribution < 1.29 is 14.3 Å². The molecule has 0 saturated carbocycles. The van der Waals surface area contributed by atoms with Gasteiger partial charge in [-0.1, -0.05) is 12.1 Å². The fourth-order valence-electron chi connectivity index (χ4n) is 2.17. The summed E-state index contributed by atoms with van der Waals surface area (Å²) in [6.45, 7) is 1.42. The van der Waals surface area contributed by atoms with Crippen molar-refractivity contribution in [1.29, 1.82) is 0 Å². The van der Waals surface area contributed by atoms with Gasteiger partial charge in [0, 0.05) is 26.3 Å². The number of aromatic nitrogens is 1. The zero-order chi connectivity index (χ0) is 15.2. The van der Waals surface area contributed by atoms with Crippen molar-refractivity contribution in [2.75, 3.05) is 14.2 Å². The van der Waals surface area contributed by atoms with Gasteiger partial charge in [0.05, 0.1) is 14.2 Å². The molecule has 0 bridgehead atoms. The maximum absolute atomic E-state index is 11.5. The quantitative estimate of drug-likeness (QED) is 0.827. The summed E-state index contributed by atoms with van der Waals surface area (Å²) >= 11 is 0. The molecule has 1 N–H and O–H groups in total. The van der Waals surface area contributed by atoms with Gasteiger partial charge in [0.2, 0.25) is 0 Å². The highest BCUT2D eigenvalue weighted by molar-refractivity contribution is 5.87. The highest BCUT2D eigenvalue weighted by Crippen LogP contribution is 2.13. The molecule has 0 aliphatic rings. The van der Waals surface area contributed by atoms with Gasteiger partial charge < -0.3 is 19.4 Å². The van der Waals surface area contributed by atoms with E-state index in [0.29, 0.717) is 12.2 Å². The second kappa shape index (κ2) is 6.95. The largest absolute Gasteiger partial charge is 0.497 e. The van der Waals surface area contributed by atoms with E-state index in [4.69, 9.17) is 9.47 Å². The molecule has 0 aliphatic heterocycles. The molecule has 0 radical (unpaired) electrons. The number of carbonyl (C=O) groups is 1. The molecule has 5 nitrogen and oxygen atoms in total. The van der Waals surface area contributed by atoms with Gasteiger partial charge in [-0.05, 0) is 29.3 Å². The number of hydrogen-bond acceptors (Lipinski definition) is 4. The minimum absolute atomic E-state index is 0.323. The summed E-state index contributed by atoms with van der Waals surface area (Å²) in [4.78, 5) is 11.5. The van der Waals surface area contributed by atoms with Crippen molar-refractivity contribution in [1.82, 2.24) is 9.88 Å². The second-order valence-corrected chi connectivity index (χ2v) is 4.79. The number of nitrogens with zero attached hydrogens (tertiary/aromatic N) is 1. The van der Waals surface area contributed by atoms with Crippen molar-refractivity contribution in [3.8, 4) is 5.75 Å². The molecule has 0 unspecified atom stereocenters. The van der Waals surface area contributed by atoms with Crippen molar-refractivity contribution >= 4 is 5.97 Å². The van der Waals surface area contributed by atoms with Crippen LogP contribution in [0.1, 0.15) is 21.6 Å². The van der Waals surface area contributed by atoms with Gasteiger partial charge in [-0.25, -0.2) is 4.79 Å². The Balaban J connectivity index is 1.93. The number of carbonyl (C=O) groups excluding carboxylic acids is 1. The maximum atomic E-state index is 11.5. The summed E-state index contributed by atoms with van der Waals surface area (Å²) in [6.07, 6.45) is 1.92. The third-order valence-electron chi connectivity index (χ3n) is 3.25. The maximum Gasteiger partial charge on any atom is 0.354 e. The molecule has 0 amide bonds. The van der Waals surface area contributed by atoms with E-state index in [1.807, 2.05) is 43.6 Å². The third kappa shape index (κ3) is 3.86. The number of aryl methyl sites for hydroxylation is 1. The Labute approximate surface area is 124 Å². The Morgan fingerprint density at radius 1 is 1.19 bits per heavy atom. The molecule has 1 aromatic carbocycles. The monoisotopic (exact) mass is 288 g/mol. The molecule has 21 heavy (non-hydrogen) atoms. The number of hydrogen-bond donors (Lipinski definition) is 1. The Morgan fingerprint density at radius 2 is 1.95 bits per heavy atom. The first-order chi connectivity index (χ1) is 10.1. The molecule has 0 spiro atoms. The zero-order valence-electron chi connectivity index (χ0n) is 12.6. The van der Waals surface area contributed by atoms with Crippen molar-refractivity contribution in [3.05, 3.63) is 53.3 Å². The normalized spacial score (nSPS) is 10.4. The molecule has 0 saturated heterocycles. The van der Waals surface area contributed by atoms with Crippen LogP contribution in [0.25, 0.3) is 0 Å². The van der Waals surface area contributed by atoms with Gasteiger partial charge in [-0.2, -0.15) is 0 Å². The summed E-state index contributed by atoms with van der Waals surface area (Å²) < 4.78 is 11.7. The summed E-state index contributed by atoms with van der Waals surface area (Å²) in [5, 5.41) is 3.35. The minimum atomic E-state index is -0.323. The molecule has 2 rings (SSSR count). The van der Waals surface area contributed by atoms with Crippen LogP contribution < -0.4 is 10.1 Å². The lowest BCUT2D eigenvalue weighted by molar-refractivity contribution is 0.0590. The van der Waals surface area contributed by atoms with Crippen molar-refractivity contribution in [3.63, 3.8) is 0 Å². The Morgan fingerprint density at radius 3 is 2.67 bits per heavy atom. The van der Waals surface area contributed by atoms with Crippen LogP contribution in [0.2, 0.25) is 0 Å². The average molecular weight is 288 g/mol. The zero-order valence-corrected chi connectivity index (χ0v) is 12.6. The second-order valence-electron chi connectivity index (χ2n) is 4.79. The highest BCUT2D eigenvalue weighted by atomic mass is 16.5.